The molecular weight excluding hydrogens is 603 g/mol. The monoisotopic (exact) mass is 647 g/mol. The third kappa shape index (κ3) is 7.28. The summed E-state index contributed by atoms with van der Waals surface area (Å²) < 4.78 is 12.3. The summed E-state index contributed by atoms with van der Waals surface area (Å²) in [4.78, 5) is 10.4. The minimum atomic E-state index is -0.244. The zero-order valence-electron chi connectivity index (χ0n) is 27.5. The Kier molecular flexibility index (Phi) is 9.67. The highest BCUT2D eigenvalue weighted by Crippen LogP contribution is 2.58. The van der Waals surface area contributed by atoms with E-state index in [9.17, 15) is 5.26 Å². The fourth-order valence-electron chi connectivity index (χ4n) is 8.18. The lowest BCUT2D eigenvalue weighted by Crippen LogP contribution is -2.44. The highest BCUT2D eigenvalue weighted by Gasteiger charge is 2.47. The zero-order valence-corrected chi connectivity index (χ0v) is 28.3. The summed E-state index contributed by atoms with van der Waals surface area (Å²) >= 11 is 1.73. The van der Waals surface area contributed by atoms with Crippen LogP contribution < -0.4 is 10.6 Å². The number of allylic oxidation sites excluding steroid dienone is 4. The Morgan fingerprint density at radius 3 is 2.64 bits per heavy atom. The summed E-state index contributed by atoms with van der Waals surface area (Å²) in [5, 5.41) is 16.8. The van der Waals surface area contributed by atoms with E-state index in [1.165, 1.54) is 23.3 Å². The molecular formula is C39H45N5O2S. The maximum Gasteiger partial charge on any atom is 0.224 e. The fraction of sp³-hybridized carbons (Fsp3) is 0.462. The molecule has 2 unspecified atom stereocenters. The van der Waals surface area contributed by atoms with E-state index < -0.39 is 0 Å². The number of benzene rings is 2. The Balaban J connectivity index is 0.936. The van der Waals surface area contributed by atoms with E-state index in [0.29, 0.717) is 41.6 Å². The van der Waals surface area contributed by atoms with Gasteiger partial charge in [0, 0.05) is 29.5 Å². The maximum absolute atomic E-state index is 9.83. The molecule has 8 heteroatoms. The van der Waals surface area contributed by atoms with Gasteiger partial charge < -0.3 is 20.1 Å². The number of nitrogens with one attached hydrogen (secondary N) is 2. The zero-order chi connectivity index (χ0) is 32.2. The van der Waals surface area contributed by atoms with Crippen LogP contribution in [0.4, 0.5) is 11.8 Å². The van der Waals surface area contributed by atoms with Gasteiger partial charge in [-0.05, 0) is 80.1 Å². The van der Waals surface area contributed by atoms with Crippen molar-refractivity contribution in [2.75, 3.05) is 30.0 Å². The number of aromatic nitrogens is 2. The average molecular weight is 648 g/mol. The van der Waals surface area contributed by atoms with E-state index in [1.807, 2.05) is 24.3 Å². The molecule has 3 aromatic rings. The van der Waals surface area contributed by atoms with Crippen LogP contribution in [0.1, 0.15) is 74.8 Å². The summed E-state index contributed by atoms with van der Waals surface area (Å²) in [6.45, 7) is 4.62. The van der Waals surface area contributed by atoms with Gasteiger partial charge in [0.05, 0.1) is 18.9 Å². The average Bonchev–Trinajstić information content (AvgIpc) is 3.11. The first-order chi connectivity index (χ1) is 23.0. The SMILES string of the molecule is CSc1ccccc1CNc1ncc(C#N)c(NCC23CC4=CC(C=C(C2)C4C[C@H](C)CCC2CCOC(c4ccccc4)O2)C3)n1. The summed E-state index contributed by atoms with van der Waals surface area (Å²) in [6.07, 6.45) is 16.7. The molecule has 5 aliphatic rings. The molecule has 1 saturated heterocycles. The largest absolute Gasteiger partial charge is 0.368 e. The topological polar surface area (TPSA) is 92.1 Å². The van der Waals surface area contributed by atoms with Crippen LogP contribution in [0.2, 0.25) is 0 Å². The molecule has 0 amide bonds. The Morgan fingerprint density at radius 2 is 1.85 bits per heavy atom. The molecule has 4 bridgehead atoms. The molecule has 2 aromatic carbocycles. The molecule has 0 radical (unpaired) electrons. The molecule has 7 nitrogen and oxygen atoms in total. The van der Waals surface area contributed by atoms with E-state index in [-0.39, 0.29) is 17.8 Å². The van der Waals surface area contributed by atoms with E-state index in [0.717, 1.165) is 50.8 Å². The van der Waals surface area contributed by atoms with Crippen LogP contribution in [0.25, 0.3) is 0 Å². The molecule has 2 heterocycles. The number of hydrogen-bond donors (Lipinski definition) is 2. The van der Waals surface area contributed by atoms with E-state index in [1.54, 1.807) is 29.1 Å². The highest BCUT2D eigenvalue weighted by atomic mass is 32.2. The number of nitrogens with zero attached hydrogens (tertiary/aromatic N) is 3. The second-order valence-corrected chi connectivity index (χ2v) is 14.8. The normalized spacial score (nSPS) is 26.7. The smallest absolute Gasteiger partial charge is 0.224 e. The molecule has 2 fully saturated rings. The summed E-state index contributed by atoms with van der Waals surface area (Å²) in [5.74, 6) is 2.88. The lowest BCUT2D eigenvalue weighted by Gasteiger charge is -2.52. The predicted molar refractivity (Wildman–Crippen MR) is 188 cm³/mol. The van der Waals surface area contributed by atoms with Gasteiger partial charge in [-0.2, -0.15) is 10.2 Å². The van der Waals surface area contributed by atoms with Crippen molar-refractivity contribution in [1.82, 2.24) is 9.97 Å². The van der Waals surface area contributed by atoms with Crippen molar-refractivity contribution in [3.05, 3.63) is 101 Å². The van der Waals surface area contributed by atoms with Gasteiger partial charge in [0.1, 0.15) is 17.5 Å². The molecule has 1 aromatic heterocycles. The number of hydrogen-bond acceptors (Lipinski definition) is 8. The van der Waals surface area contributed by atoms with E-state index in [2.05, 4.69) is 77.4 Å². The van der Waals surface area contributed by atoms with Crippen molar-refractivity contribution >= 4 is 23.5 Å². The first kappa shape index (κ1) is 31.9. The predicted octanol–water partition coefficient (Wildman–Crippen LogP) is 8.69. The van der Waals surface area contributed by atoms with Gasteiger partial charge in [0.2, 0.25) is 5.95 Å². The Hall–Kier alpha value is -3.64. The number of rotatable bonds is 13. The third-order valence-corrected chi connectivity index (χ3v) is 11.3. The van der Waals surface area contributed by atoms with Crippen LogP contribution >= 0.6 is 11.8 Å². The summed E-state index contributed by atoms with van der Waals surface area (Å²) in [7, 11) is 0. The lowest BCUT2D eigenvalue weighted by molar-refractivity contribution is -0.219. The minimum absolute atomic E-state index is 0.170. The highest BCUT2D eigenvalue weighted by molar-refractivity contribution is 7.98. The second kappa shape index (κ2) is 14.2. The van der Waals surface area contributed by atoms with Gasteiger partial charge in [0.25, 0.3) is 0 Å². The molecule has 1 saturated carbocycles. The van der Waals surface area contributed by atoms with E-state index >= 15 is 0 Å². The van der Waals surface area contributed by atoms with Crippen LogP contribution in [-0.4, -0.2) is 35.5 Å². The van der Waals surface area contributed by atoms with Crippen LogP contribution in [0, 0.1) is 34.5 Å². The molecule has 8 rings (SSSR count). The van der Waals surface area contributed by atoms with Crippen molar-refractivity contribution in [3.63, 3.8) is 0 Å². The molecule has 244 valence electrons. The van der Waals surface area contributed by atoms with Crippen LogP contribution in [0.3, 0.4) is 0 Å². The Labute approximate surface area is 283 Å². The molecule has 1 aliphatic heterocycles. The Morgan fingerprint density at radius 1 is 1.06 bits per heavy atom. The van der Waals surface area contributed by atoms with Crippen molar-refractivity contribution in [1.29, 1.82) is 5.26 Å². The Bertz CT molecular complexity index is 1640. The van der Waals surface area contributed by atoms with Gasteiger partial charge in [0.15, 0.2) is 6.29 Å². The molecule has 2 N–H and O–H groups in total. The molecule has 3 atom stereocenters. The number of anilines is 2. The second-order valence-electron chi connectivity index (χ2n) is 13.9. The van der Waals surface area contributed by atoms with Crippen molar-refractivity contribution in [2.45, 2.75) is 75.7 Å². The van der Waals surface area contributed by atoms with E-state index in [4.69, 9.17) is 14.5 Å². The first-order valence-corrected chi connectivity index (χ1v) is 18.3. The summed E-state index contributed by atoms with van der Waals surface area (Å²) in [5.41, 5.74) is 6.22. The number of ether oxygens (including phenoxy) is 2. The van der Waals surface area contributed by atoms with Crippen LogP contribution in [0.5, 0.6) is 0 Å². The lowest BCUT2D eigenvalue weighted by atomic mass is 9.53. The van der Waals surface area contributed by atoms with Crippen LogP contribution in [0.15, 0.2) is 89.0 Å². The van der Waals surface area contributed by atoms with Crippen molar-refractivity contribution < 1.29 is 9.47 Å². The van der Waals surface area contributed by atoms with Crippen LogP contribution in [-0.2, 0) is 16.0 Å². The standard InChI is InChI=1S/C39H45N5O2S/c1-26(12-13-33-14-15-45-37(46-33)28-8-4-3-5-9-28)16-34-30-17-27-18-31(34)21-39(19-27,20-30)25-43-36-32(22-40)24-42-38(44-36)41-23-29-10-6-7-11-35(29)47-2/h3-11,17-18,24,26-27,33-34,37H,12-16,19-21,23,25H2,1-2H3,(H2,41,42,43,44)/t26-,27?,33?,34?,37?,39?/m1/s1. The molecule has 47 heavy (non-hydrogen) atoms. The van der Waals surface area contributed by atoms with Crippen molar-refractivity contribution in [2.24, 2.45) is 23.2 Å². The van der Waals surface area contributed by atoms with Gasteiger partial charge in [-0.25, -0.2) is 4.98 Å². The molecule has 4 aliphatic carbocycles. The first-order valence-electron chi connectivity index (χ1n) is 17.1. The number of nitriles is 1. The third-order valence-electron chi connectivity index (χ3n) is 10.5. The summed E-state index contributed by atoms with van der Waals surface area (Å²) in [6, 6.07) is 20.9. The number of thioether (sulfide) groups is 1. The maximum atomic E-state index is 9.83. The van der Waals surface area contributed by atoms with Gasteiger partial charge >= 0.3 is 0 Å². The van der Waals surface area contributed by atoms with Crippen molar-refractivity contribution in [3.8, 4) is 6.07 Å². The molecule has 0 spiro atoms. The quantitative estimate of drug-likeness (QED) is 0.141. The van der Waals surface area contributed by atoms with Gasteiger partial charge in [-0.3, -0.25) is 0 Å². The van der Waals surface area contributed by atoms with Gasteiger partial charge in [-0.1, -0.05) is 78.8 Å². The fourth-order valence-corrected chi connectivity index (χ4v) is 8.80. The van der Waals surface area contributed by atoms with Gasteiger partial charge in [-0.15, -0.1) is 11.8 Å². The minimum Gasteiger partial charge on any atom is -0.368 e.